The van der Waals surface area contributed by atoms with E-state index < -0.39 is 0 Å². The molecule has 0 saturated carbocycles. The molecule has 1 N–H and O–H groups in total. The fraction of sp³-hybridized carbons (Fsp3) is 0.615. The lowest BCUT2D eigenvalue weighted by Crippen LogP contribution is -2.34. The van der Waals surface area contributed by atoms with Crippen LogP contribution in [0.25, 0.3) is 0 Å². The van der Waals surface area contributed by atoms with E-state index in [2.05, 4.69) is 37.3 Å². The second kappa shape index (κ2) is 6.36. The first-order valence-corrected chi connectivity index (χ1v) is 7.11. The van der Waals surface area contributed by atoms with Gasteiger partial charge in [0.2, 0.25) is 0 Å². The smallest absolute Gasteiger partial charge is 0.141 e. The minimum atomic E-state index is -0.284. The van der Waals surface area contributed by atoms with Gasteiger partial charge in [0.05, 0.1) is 11.9 Å². The zero-order chi connectivity index (χ0) is 12.9. The molecule has 0 fully saturated rings. The number of halogens is 1. The van der Waals surface area contributed by atoms with Gasteiger partial charge in [0, 0.05) is 17.3 Å². The van der Waals surface area contributed by atoms with Gasteiger partial charge in [0.1, 0.15) is 5.82 Å². The minimum absolute atomic E-state index is 0.196. The Morgan fingerprint density at radius 3 is 2.65 bits per heavy atom. The van der Waals surface area contributed by atoms with Crippen molar-refractivity contribution in [3.05, 3.63) is 29.8 Å². The Bertz CT molecular complexity index is 338. The summed E-state index contributed by atoms with van der Waals surface area (Å²) in [5, 5.41) is 3.49. The van der Waals surface area contributed by atoms with Crippen LogP contribution in [0.3, 0.4) is 0 Å². The van der Waals surface area contributed by atoms with Gasteiger partial charge in [0.15, 0.2) is 0 Å². The Labute approximate surface area is 107 Å². The summed E-state index contributed by atoms with van der Waals surface area (Å²) in [6, 6.07) is 3.41. The van der Waals surface area contributed by atoms with Crippen LogP contribution in [0.2, 0.25) is 0 Å². The van der Waals surface area contributed by atoms with Crippen LogP contribution < -0.4 is 5.32 Å². The largest absolute Gasteiger partial charge is 0.307 e. The summed E-state index contributed by atoms with van der Waals surface area (Å²) in [6.45, 7) is 7.42. The Hall–Kier alpha value is -0.610. The molecule has 0 aliphatic heterocycles. The van der Waals surface area contributed by atoms with Crippen molar-refractivity contribution in [2.75, 3.05) is 12.8 Å². The summed E-state index contributed by atoms with van der Waals surface area (Å²) in [5.41, 5.74) is 0.908. The number of hydrogen-bond donors (Lipinski definition) is 1. The van der Waals surface area contributed by atoms with E-state index in [4.69, 9.17) is 0 Å². The number of pyridine rings is 1. The van der Waals surface area contributed by atoms with Crippen LogP contribution in [0.15, 0.2) is 18.3 Å². The van der Waals surface area contributed by atoms with Crippen molar-refractivity contribution in [2.45, 2.75) is 38.0 Å². The lowest BCUT2D eigenvalue weighted by Gasteiger charge is -2.26. The molecule has 1 aromatic heterocycles. The van der Waals surface area contributed by atoms with Gasteiger partial charge in [-0.3, -0.25) is 4.98 Å². The molecule has 0 bridgehead atoms. The zero-order valence-electron chi connectivity index (χ0n) is 11.0. The molecule has 0 aliphatic carbocycles. The van der Waals surface area contributed by atoms with Crippen LogP contribution in [0.1, 0.15) is 38.9 Å². The molecule has 0 aliphatic rings. The highest BCUT2D eigenvalue weighted by atomic mass is 32.2. The van der Waals surface area contributed by atoms with Gasteiger partial charge in [0.25, 0.3) is 0 Å². The quantitative estimate of drug-likeness (QED) is 0.844. The third kappa shape index (κ3) is 4.64. The van der Waals surface area contributed by atoms with Crippen molar-refractivity contribution in [1.29, 1.82) is 0 Å². The second-order valence-corrected chi connectivity index (χ2v) is 6.22. The van der Waals surface area contributed by atoms with E-state index in [1.807, 2.05) is 11.8 Å². The summed E-state index contributed by atoms with van der Waals surface area (Å²) < 4.78 is 13.0. The Morgan fingerprint density at radius 1 is 1.47 bits per heavy atom. The van der Waals surface area contributed by atoms with Gasteiger partial charge in [-0.15, -0.1) is 0 Å². The van der Waals surface area contributed by atoms with Crippen LogP contribution >= 0.6 is 11.8 Å². The SMILES string of the molecule is CCC(NCC(C)(C)SC)c1ccc(F)cn1. The predicted octanol–water partition coefficient (Wildman–Crippen LogP) is 3.40. The fourth-order valence-corrected chi connectivity index (χ4v) is 1.72. The van der Waals surface area contributed by atoms with Gasteiger partial charge in [-0.25, -0.2) is 4.39 Å². The van der Waals surface area contributed by atoms with E-state index in [0.29, 0.717) is 0 Å². The average molecular weight is 256 g/mol. The van der Waals surface area contributed by atoms with E-state index in [1.54, 1.807) is 6.07 Å². The summed E-state index contributed by atoms with van der Waals surface area (Å²) in [4.78, 5) is 4.13. The average Bonchev–Trinajstić information content (AvgIpc) is 2.32. The van der Waals surface area contributed by atoms with Gasteiger partial charge >= 0.3 is 0 Å². The fourth-order valence-electron chi connectivity index (χ4n) is 1.49. The Morgan fingerprint density at radius 2 is 2.18 bits per heavy atom. The third-order valence-corrected chi connectivity index (χ3v) is 4.09. The summed E-state index contributed by atoms with van der Waals surface area (Å²) in [7, 11) is 0. The highest BCUT2D eigenvalue weighted by molar-refractivity contribution is 7.99. The highest BCUT2D eigenvalue weighted by Gasteiger charge is 2.18. The molecule has 1 rings (SSSR count). The Kier molecular flexibility index (Phi) is 5.40. The predicted molar refractivity (Wildman–Crippen MR) is 72.8 cm³/mol. The molecule has 0 spiro atoms. The van der Waals surface area contributed by atoms with E-state index in [1.165, 1.54) is 12.3 Å². The molecule has 1 aromatic rings. The lowest BCUT2D eigenvalue weighted by molar-refractivity contribution is 0.474. The van der Waals surface area contributed by atoms with Crippen molar-refractivity contribution in [3.63, 3.8) is 0 Å². The first-order chi connectivity index (χ1) is 7.98. The Balaban J connectivity index is 2.63. The highest BCUT2D eigenvalue weighted by Crippen LogP contribution is 2.22. The molecule has 4 heteroatoms. The van der Waals surface area contributed by atoms with E-state index in [9.17, 15) is 4.39 Å². The van der Waals surface area contributed by atoms with Gasteiger partial charge in [-0.05, 0) is 38.7 Å². The monoisotopic (exact) mass is 256 g/mol. The molecule has 1 unspecified atom stereocenters. The summed E-state index contributed by atoms with van der Waals surface area (Å²) in [5.74, 6) is -0.284. The van der Waals surface area contributed by atoms with E-state index in [0.717, 1.165) is 18.7 Å². The molecular formula is C13H21FN2S. The van der Waals surface area contributed by atoms with Crippen molar-refractivity contribution in [1.82, 2.24) is 10.3 Å². The lowest BCUT2D eigenvalue weighted by atomic mass is 10.1. The first kappa shape index (κ1) is 14.5. The third-order valence-electron chi connectivity index (χ3n) is 2.84. The topological polar surface area (TPSA) is 24.9 Å². The van der Waals surface area contributed by atoms with E-state index in [-0.39, 0.29) is 16.6 Å². The van der Waals surface area contributed by atoms with Crippen molar-refractivity contribution < 1.29 is 4.39 Å². The minimum Gasteiger partial charge on any atom is -0.307 e. The molecule has 1 atom stereocenters. The number of rotatable bonds is 6. The molecule has 0 saturated heterocycles. The molecule has 96 valence electrons. The van der Waals surface area contributed by atoms with Crippen LogP contribution in [0, 0.1) is 5.82 Å². The molecule has 0 aromatic carbocycles. The number of nitrogens with one attached hydrogen (secondary N) is 1. The molecule has 0 radical (unpaired) electrons. The summed E-state index contributed by atoms with van der Waals surface area (Å²) >= 11 is 1.83. The van der Waals surface area contributed by atoms with Crippen molar-refractivity contribution in [2.24, 2.45) is 0 Å². The maximum absolute atomic E-state index is 12.8. The van der Waals surface area contributed by atoms with Crippen LogP contribution in [0.4, 0.5) is 4.39 Å². The second-order valence-electron chi connectivity index (χ2n) is 4.71. The van der Waals surface area contributed by atoms with Gasteiger partial charge in [-0.2, -0.15) is 11.8 Å². The molecule has 2 nitrogen and oxygen atoms in total. The molecular weight excluding hydrogens is 235 g/mol. The normalized spacial score (nSPS) is 13.7. The standard InChI is InChI=1S/C13H21FN2S/c1-5-11(16-9-13(2,3)17-4)12-7-6-10(14)8-15-12/h6-8,11,16H,5,9H2,1-4H3. The van der Waals surface area contributed by atoms with Gasteiger partial charge in [-0.1, -0.05) is 6.92 Å². The van der Waals surface area contributed by atoms with Crippen LogP contribution in [-0.2, 0) is 0 Å². The number of nitrogens with zero attached hydrogens (tertiary/aromatic N) is 1. The van der Waals surface area contributed by atoms with Crippen LogP contribution in [0.5, 0.6) is 0 Å². The number of aromatic nitrogens is 1. The number of hydrogen-bond acceptors (Lipinski definition) is 3. The number of thioether (sulfide) groups is 1. The van der Waals surface area contributed by atoms with Crippen LogP contribution in [-0.4, -0.2) is 22.5 Å². The first-order valence-electron chi connectivity index (χ1n) is 5.88. The molecule has 1 heterocycles. The molecule has 17 heavy (non-hydrogen) atoms. The van der Waals surface area contributed by atoms with Crippen molar-refractivity contribution in [3.8, 4) is 0 Å². The zero-order valence-corrected chi connectivity index (χ0v) is 11.8. The summed E-state index contributed by atoms with van der Waals surface area (Å²) in [6.07, 6.45) is 4.33. The maximum atomic E-state index is 12.8. The molecule has 0 amide bonds. The van der Waals surface area contributed by atoms with Gasteiger partial charge < -0.3 is 5.32 Å². The maximum Gasteiger partial charge on any atom is 0.141 e. The van der Waals surface area contributed by atoms with Crippen molar-refractivity contribution >= 4 is 11.8 Å². The van der Waals surface area contributed by atoms with E-state index >= 15 is 0 Å².